The van der Waals surface area contributed by atoms with Crippen molar-refractivity contribution in [2.75, 3.05) is 45.3 Å². The van der Waals surface area contributed by atoms with Gasteiger partial charge in [0, 0.05) is 44.0 Å². The van der Waals surface area contributed by atoms with E-state index < -0.39 is 11.7 Å². The summed E-state index contributed by atoms with van der Waals surface area (Å²) in [5.41, 5.74) is 2.61. The van der Waals surface area contributed by atoms with Crippen LogP contribution in [0.4, 0.5) is 18.9 Å². The maximum atomic E-state index is 14.4. The monoisotopic (exact) mass is 524 g/mol. The Morgan fingerprint density at radius 2 is 1.71 bits per heavy atom. The van der Waals surface area contributed by atoms with Gasteiger partial charge in [-0.3, -0.25) is 9.38 Å². The molecule has 2 aliphatic heterocycles. The van der Waals surface area contributed by atoms with Gasteiger partial charge < -0.3 is 14.5 Å². The standard InChI is InChI=1S/C28H31F3N6O/c1-35(2)20-7-11-36(12-8-20)21-4-5-22(23(16-21)28(29,30)31)19-3-6-24-25(15-19)37-26(17-32-24)33-34-27(37)18-9-13-38-14-10-18/h3-6,15-18,20H,7-14H2,1-2H3. The van der Waals surface area contributed by atoms with Crippen molar-refractivity contribution in [2.24, 2.45) is 0 Å². The highest BCUT2D eigenvalue weighted by Gasteiger charge is 2.35. The van der Waals surface area contributed by atoms with E-state index in [9.17, 15) is 13.2 Å². The fourth-order valence-corrected chi connectivity index (χ4v) is 5.82. The summed E-state index contributed by atoms with van der Waals surface area (Å²) in [4.78, 5) is 8.74. The first-order valence-corrected chi connectivity index (χ1v) is 13.1. The zero-order valence-electron chi connectivity index (χ0n) is 21.6. The van der Waals surface area contributed by atoms with Crippen LogP contribution in [0, 0.1) is 0 Å². The number of ether oxygens (including phenoxy) is 1. The summed E-state index contributed by atoms with van der Waals surface area (Å²) >= 11 is 0. The second-order valence-corrected chi connectivity index (χ2v) is 10.5. The van der Waals surface area contributed by atoms with Gasteiger partial charge in [0.2, 0.25) is 0 Å². The smallest absolute Gasteiger partial charge is 0.381 e. The first-order valence-electron chi connectivity index (χ1n) is 13.1. The van der Waals surface area contributed by atoms with E-state index in [1.807, 2.05) is 10.5 Å². The van der Waals surface area contributed by atoms with Gasteiger partial charge in [-0.25, -0.2) is 0 Å². The summed E-state index contributed by atoms with van der Waals surface area (Å²) in [6.45, 7) is 2.79. The zero-order chi connectivity index (χ0) is 26.4. The molecule has 0 radical (unpaired) electrons. The molecule has 0 unspecified atom stereocenters. The Hall–Kier alpha value is -3.24. The Balaban J connectivity index is 1.42. The third kappa shape index (κ3) is 4.60. The van der Waals surface area contributed by atoms with E-state index in [0.29, 0.717) is 47.2 Å². The number of hydrogen-bond acceptors (Lipinski definition) is 6. The number of aromatic nitrogens is 4. The molecule has 4 heterocycles. The van der Waals surface area contributed by atoms with Crippen LogP contribution in [0.3, 0.4) is 0 Å². The van der Waals surface area contributed by atoms with Crippen LogP contribution < -0.4 is 4.90 Å². The van der Waals surface area contributed by atoms with E-state index in [0.717, 1.165) is 44.6 Å². The van der Waals surface area contributed by atoms with Crippen molar-refractivity contribution in [3.8, 4) is 11.1 Å². The van der Waals surface area contributed by atoms with E-state index >= 15 is 0 Å². The molecular weight excluding hydrogens is 493 g/mol. The number of hydrogen-bond donors (Lipinski definition) is 0. The van der Waals surface area contributed by atoms with E-state index in [1.165, 1.54) is 6.07 Å². The molecule has 0 bridgehead atoms. The second kappa shape index (κ2) is 9.81. The van der Waals surface area contributed by atoms with Gasteiger partial charge in [-0.2, -0.15) is 13.2 Å². The highest BCUT2D eigenvalue weighted by Crippen LogP contribution is 2.40. The SMILES string of the molecule is CN(C)C1CCN(c2ccc(-c3ccc4ncc5nnc(C6CCOCC6)n5c4c3)c(C(F)(F)F)c2)CC1. The molecule has 2 aliphatic rings. The minimum atomic E-state index is -4.49. The van der Waals surface area contributed by atoms with Crippen molar-refractivity contribution < 1.29 is 17.9 Å². The molecule has 0 N–H and O–H groups in total. The molecule has 0 spiro atoms. The van der Waals surface area contributed by atoms with Crippen LogP contribution in [0.2, 0.25) is 0 Å². The van der Waals surface area contributed by atoms with Crippen LogP contribution >= 0.6 is 0 Å². The number of halogens is 3. The van der Waals surface area contributed by atoms with E-state index in [-0.39, 0.29) is 11.5 Å². The van der Waals surface area contributed by atoms with Gasteiger partial charge in [-0.15, -0.1) is 10.2 Å². The lowest BCUT2D eigenvalue weighted by Gasteiger charge is -2.36. The number of nitrogens with zero attached hydrogens (tertiary/aromatic N) is 6. The Bertz CT molecular complexity index is 1450. The van der Waals surface area contributed by atoms with E-state index in [1.54, 1.807) is 30.5 Å². The molecule has 10 heteroatoms. The number of piperidine rings is 1. The van der Waals surface area contributed by atoms with Crippen LogP contribution in [0.5, 0.6) is 0 Å². The third-order valence-corrected chi connectivity index (χ3v) is 8.01. The quantitative estimate of drug-likeness (QED) is 0.357. The summed E-state index contributed by atoms with van der Waals surface area (Å²) in [6, 6.07) is 10.5. The molecule has 200 valence electrons. The molecule has 0 saturated carbocycles. The molecule has 0 aliphatic carbocycles. The summed E-state index contributed by atoms with van der Waals surface area (Å²) in [7, 11) is 4.10. The maximum Gasteiger partial charge on any atom is 0.417 e. The number of anilines is 1. The van der Waals surface area contributed by atoms with Crippen molar-refractivity contribution in [3.05, 3.63) is 54.0 Å². The molecule has 4 aromatic rings. The Labute approximate surface area is 219 Å². The Morgan fingerprint density at radius 3 is 2.42 bits per heavy atom. The number of rotatable bonds is 4. The lowest BCUT2D eigenvalue weighted by molar-refractivity contribution is -0.137. The van der Waals surface area contributed by atoms with Crippen molar-refractivity contribution in [1.82, 2.24) is 24.5 Å². The highest BCUT2D eigenvalue weighted by molar-refractivity contribution is 5.85. The molecule has 0 atom stereocenters. The Morgan fingerprint density at radius 1 is 0.947 bits per heavy atom. The fourth-order valence-electron chi connectivity index (χ4n) is 5.82. The number of benzene rings is 2. The molecule has 2 fully saturated rings. The summed E-state index contributed by atoms with van der Waals surface area (Å²) in [5, 5.41) is 8.74. The zero-order valence-corrected chi connectivity index (χ0v) is 21.6. The predicted octanol–water partition coefficient (Wildman–Crippen LogP) is 5.39. The molecule has 2 saturated heterocycles. The molecule has 7 nitrogen and oxygen atoms in total. The second-order valence-electron chi connectivity index (χ2n) is 10.5. The summed E-state index contributed by atoms with van der Waals surface area (Å²) < 4.78 is 50.6. The maximum absolute atomic E-state index is 14.4. The van der Waals surface area contributed by atoms with Crippen molar-refractivity contribution in [2.45, 2.75) is 43.8 Å². The fraction of sp³-hybridized carbons (Fsp3) is 0.464. The molecule has 6 rings (SSSR count). The Kier molecular flexibility index (Phi) is 6.47. The van der Waals surface area contributed by atoms with Crippen LogP contribution in [-0.2, 0) is 10.9 Å². The molecular formula is C28H31F3N6O. The normalized spacial score (nSPS) is 18.2. The van der Waals surface area contributed by atoms with Crippen LogP contribution in [-0.4, -0.2) is 70.9 Å². The lowest BCUT2D eigenvalue weighted by Crippen LogP contribution is -2.42. The molecule has 2 aromatic carbocycles. The first-order chi connectivity index (χ1) is 18.3. The summed E-state index contributed by atoms with van der Waals surface area (Å²) in [5.74, 6) is 0.982. The van der Waals surface area contributed by atoms with Crippen molar-refractivity contribution >= 4 is 22.4 Å². The summed E-state index contributed by atoms with van der Waals surface area (Å²) in [6.07, 6.45) is 0.686. The van der Waals surface area contributed by atoms with E-state index in [4.69, 9.17) is 4.74 Å². The minimum absolute atomic E-state index is 0.157. The number of alkyl halides is 3. The van der Waals surface area contributed by atoms with Crippen LogP contribution in [0.15, 0.2) is 42.6 Å². The average Bonchev–Trinajstić information content (AvgIpc) is 3.37. The molecule has 0 amide bonds. The van der Waals surface area contributed by atoms with Crippen LogP contribution in [0.25, 0.3) is 27.8 Å². The van der Waals surface area contributed by atoms with E-state index in [2.05, 4.69) is 39.1 Å². The molecule has 2 aromatic heterocycles. The average molecular weight is 525 g/mol. The predicted molar refractivity (Wildman–Crippen MR) is 140 cm³/mol. The van der Waals surface area contributed by atoms with Crippen LogP contribution in [0.1, 0.15) is 43.0 Å². The first kappa shape index (κ1) is 25.1. The van der Waals surface area contributed by atoms with Gasteiger partial charge >= 0.3 is 6.18 Å². The highest BCUT2D eigenvalue weighted by atomic mass is 19.4. The van der Waals surface area contributed by atoms with Crippen molar-refractivity contribution in [1.29, 1.82) is 0 Å². The van der Waals surface area contributed by atoms with Gasteiger partial charge in [0.05, 0.1) is 22.8 Å². The van der Waals surface area contributed by atoms with Gasteiger partial charge in [-0.1, -0.05) is 12.1 Å². The van der Waals surface area contributed by atoms with Gasteiger partial charge in [-0.05, 0) is 75.2 Å². The van der Waals surface area contributed by atoms with Gasteiger partial charge in [0.15, 0.2) is 5.65 Å². The van der Waals surface area contributed by atoms with Gasteiger partial charge in [0.25, 0.3) is 0 Å². The third-order valence-electron chi connectivity index (χ3n) is 8.01. The number of fused-ring (bicyclic) bond motifs is 3. The topological polar surface area (TPSA) is 58.8 Å². The largest absolute Gasteiger partial charge is 0.417 e. The minimum Gasteiger partial charge on any atom is -0.381 e. The van der Waals surface area contributed by atoms with Gasteiger partial charge in [0.1, 0.15) is 5.82 Å². The van der Waals surface area contributed by atoms with Crippen molar-refractivity contribution in [3.63, 3.8) is 0 Å². The molecule has 38 heavy (non-hydrogen) atoms. The lowest BCUT2D eigenvalue weighted by atomic mass is 9.96.